The van der Waals surface area contributed by atoms with Crippen LogP contribution >= 0.6 is 0 Å². The second-order valence-corrected chi connectivity index (χ2v) is 11.3. The normalized spacial score (nSPS) is 26.4. The van der Waals surface area contributed by atoms with Crippen molar-refractivity contribution in [2.45, 2.75) is 26.2 Å². The number of non-ortho nitro benzene ring substituents is 1. The number of nitrogens with zero attached hydrogens (tertiary/aromatic N) is 2. The van der Waals surface area contributed by atoms with Gasteiger partial charge in [0, 0.05) is 46.8 Å². The molecule has 2 aromatic rings. The average Bonchev–Trinajstić information content (AvgIpc) is 3.24. The van der Waals surface area contributed by atoms with Crippen LogP contribution in [0.15, 0.2) is 88.7 Å². The van der Waals surface area contributed by atoms with E-state index in [2.05, 4.69) is 0 Å². The summed E-state index contributed by atoms with van der Waals surface area (Å²) in [5, 5.41) is 21.5. The molecule has 10 heteroatoms. The van der Waals surface area contributed by atoms with Gasteiger partial charge in [-0.1, -0.05) is 17.7 Å². The SMILES string of the molecule is CC1=CC(=O)C2=C(C1=O)C(C1=COc3ccc(O)cc3C1)C1=CCC3C(=O)N(c4cccc([N+](=O)[O-])c4)C(=O)C3C1C2. The van der Waals surface area contributed by atoms with Gasteiger partial charge in [0.1, 0.15) is 11.5 Å². The molecule has 0 radical (unpaired) electrons. The number of rotatable bonds is 3. The molecule has 3 aliphatic carbocycles. The predicted octanol–water partition coefficient (Wildman–Crippen LogP) is 4.29. The zero-order chi connectivity index (χ0) is 29.4. The van der Waals surface area contributed by atoms with Gasteiger partial charge in [-0.3, -0.25) is 29.3 Å². The molecule has 4 unspecified atom stereocenters. The highest BCUT2D eigenvalue weighted by molar-refractivity contribution is 6.25. The number of fused-ring (bicyclic) bond motifs is 4. The maximum Gasteiger partial charge on any atom is 0.271 e. The van der Waals surface area contributed by atoms with E-state index < -0.39 is 40.4 Å². The maximum atomic E-state index is 14.0. The van der Waals surface area contributed by atoms with Crippen LogP contribution in [-0.4, -0.2) is 33.4 Å². The number of aromatic hydroxyl groups is 1. The van der Waals surface area contributed by atoms with Crippen LogP contribution in [0.25, 0.3) is 0 Å². The summed E-state index contributed by atoms with van der Waals surface area (Å²) in [5.41, 5.74) is 3.13. The number of hydrogen-bond donors (Lipinski definition) is 1. The Hall–Kier alpha value is -5.12. The van der Waals surface area contributed by atoms with Gasteiger partial charge >= 0.3 is 0 Å². The van der Waals surface area contributed by atoms with Crippen molar-refractivity contribution in [2.24, 2.45) is 23.7 Å². The quantitative estimate of drug-likeness (QED) is 0.191. The summed E-state index contributed by atoms with van der Waals surface area (Å²) < 4.78 is 5.90. The largest absolute Gasteiger partial charge is 0.508 e. The van der Waals surface area contributed by atoms with E-state index >= 15 is 0 Å². The number of ether oxygens (including phenoxy) is 1. The Bertz CT molecular complexity index is 1790. The van der Waals surface area contributed by atoms with Crippen molar-refractivity contribution >= 4 is 34.8 Å². The zero-order valence-electron chi connectivity index (χ0n) is 22.4. The fourth-order valence-electron chi connectivity index (χ4n) is 7.17. The van der Waals surface area contributed by atoms with E-state index in [4.69, 9.17) is 4.74 Å². The van der Waals surface area contributed by atoms with Gasteiger partial charge in [-0.2, -0.15) is 0 Å². The van der Waals surface area contributed by atoms with Gasteiger partial charge in [-0.25, -0.2) is 4.90 Å². The van der Waals surface area contributed by atoms with Gasteiger partial charge in [0.25, 0.3) is 5.69 Å². The first-order valence-corrected chi connectivity index (χ1v) is 13.6. The first kappa shape index (κ1) is 25.8. The van der Waals surface area contributed by atoms with Crippen molar-refractivity contribution in [3.8, 4) is 11.5 Å². The Morgan fingerprint density at radius 2 is 1.86 bits per heavy atom. The van der Waals surface area contributed by atoms with Crippen molar-refractivity contribution in [3.05, 3.63) is 104 Å². The standard InChI is InChI=1S/C32H24N2O8/c1-15-9-25(36)24-13-23-21(27(29(24)30(15)37)17-10-16-11-20(35)5-8-26(16)42-14-17)6-7-22-28(23)32(39)33(31(22)38)18-3-2-4-19(12-18)34(40)41/h2-6,8-9,11-12,14,22-23,27-28,35H,7,10,13H2,1H3. The van der Waals surface area contributed by atoms with Crippen LogP contribution in [0.4, 0.5) is 11.4 Å². The van der Waals surface area contributed by atoms with Gasteiger partial charge in [0.15, 0.2) is 11.6 Å². The number of anilines is 1. The highest BCUT2D eigenvalue weighted by Gasteiger charge is 2.57. The Labute approximate surface area is 239 Å². The summed E-state index contributed by atoms with van der Waals surface area (Å²) in [5.74, 6) is -3.51. The van der Waals surface area contributed by atoms with Gasteiger partial charge in [0.2, 0.25) is 11.8 Å². The number of imide groups is 1. The van der Waals surface area contributed by atoms with Gasteiger partial charge < -0.3 is 9.84 Å². The first-order valence-electron chi connectivity index (χ1n) is 13.6. The van der Waals surface area contributed by atoms with E-state index in [1.54, 1.807) is 25.3 Å². The van der Waals surface area contributed by atoms with E-state index in [1.807, 2.05) is 6.08 Å². The molecule has 1 saturated heterocycles. The van der Waals surface area contributed by atoms with E-state index in [9.17, 15) is 34.4 Å². The van der Waals surface area contributed by atoms with Crippen LogP contribution in [0.3, 0.4) is 0 Å². The summed E-state index contributed by atoms with van der Waals surface area (Å²) in [4.78, 5) is 66.4. The van der Waals surface area contributed by atoms with Crippen LogP contribution < -0.4 is 9.64 Å². The lowest BCUT2D eigenvalue weighted by Gasteiger charge is -2.43. The molecule has 2 heterocycles. The molecular weight excluding hydrogens is 540 g/mol. The number of nitro benzene ring substituents is 1. The topological polar surface area (TPSA) is 144 Å². The lowest BCUT2D eigenvalue weighted by Crippen LogP contribution is -2.41. The molecular formula is C32H24N2O8. The second-order valence-electron chi connectivity index (χ2n) is 11.3. The van der Waals surface area contributed by atoms with E-state index in [-0.39, 0.29) is 41.5 Å². The van der Waals surface area contributed by atoms with Gasteiger partial charge in [0.05, 0.1) is 28.7 Å². The number of hydrogen-bond acceptors (Lipinski definition) is 8. The number of amides is 2. The number of ketones is 2. The third kappa shape index (κ3) is 3.71. The molecule has 2 aliphatic heterocycles. The molecule has 10 nitrogen and oxygen atoms in total. The highest BCUT2D eigenvalue weighted by Crippen LogP contribution is 2.55. The molecule has 210 valence electrons. The Balaban J connectivity index is 1.32. The van der Waals surface area contributed by atoms with Crippen LogP contribution in [0, 0.1) is 33.8 Å². The molecule has 0 aromatic heterocycles. The summed E-state index contributed by atoms with van der Waals surface area (Å²) in [6.45, 7) is 1.60. The van der Waals surface area contributed by atoms with E-state index in [0.29, 0.717) is 34.5 Å². The Kier molecular flexibility index (Phi) is 5.66. The molecule has 4 atom stereocenters. The number of phenols is 1. The zero-order valence-corrected chi connectivity index (χ0v) is 22.4. The van der Waals surface area contributed by atoms with E-state index in [1.165, 1.54) is 36.4 Å². The predicted molar refractivity (Wildman–Crippen MR) is 148 cm³/mol. The summed E-state index contributed by atoms with van der Waals surface area (Å²) >= 11 is 0. The van der Waals surface area contributed by atoms with Crippen molar-refractivity contribution < 1.29 is 33.9 Å². The molecule has 0 saturated carbocycles. The molecule has 1 fully saturated rings. The van der Waals surface area contributed by atoms with Gasteiger partial charge in [-0.15, -0.1) is 0 Å². The maximum absolute atomic E-state index is 14.0. The number of phenolic OH excluding ortho intramolecular Hbond substituents is 1. The van der Waals surface area contributed by atoms with Crippen molar-refractivity contribution in [2.75, 3.05) is 4.90 Å². The Morgan fingerprint density at radius 3 is 2.64 bits per heavy atom. The summed E-state index contributed by atoms with van der Waals surface area (Å²) in [7, 11) is 0. The molecule has 42 heavy (non-hydrogen) atoms. The van der Waals surface area contributed by atoms with Crippen molar-refractivity contribution in [1.29, 1.82) is 0 Å². The minimum atomic E-state index is -0.801. The molecule has 0 bridgehead atoms. The average molecular weight is 565 g/mol. The third-order valence-electron chi connectivity index (χ3n) is 9.01. The number of nitro groups is 1. The second kappa shape index (κ2) is 9.20. The fraction of sp³-hybridized carbons (Fsp3) is 0.250. The van der Waals surface area contributed by atoms with Crippen LogP contribution in [0.2, 0.25) is 0 Å². The van der Waals surface area contributed by atoms with Crippen LogP contribution in [-0.2, 0) is 25.6 Å². The Morgan fingerprint density at radius 1 is 1.05 bits per heavy atom. The van der Waals surface area contributed by atoms with Crippen LogP contribution in [0.5, 0.6) is 11.5 Å². The first-order chi connectivity index (χ1) is 20.1. The molecule has 7 rings (SSSR count). The number of carbonyl (C=O) groups excluding carboxylic acids is 4. The molecule has 2 amide bonds. The molecule has 5 aliphatic rings. The molecule has 2 aromatic carbocycles. The number of benzene rings is 2. The number of carbonyl (C=O) groups is 4. The smallest absolute Gasteiger partial charge is 0.271 e. The monoisotopic (exact) mass is 564 g/mol. The minimum Gasteiger partial charge on any atom is -0.508 e. The van der Waals surface area contributed by atoms with Crippen LogP contribution in [0.1, 0.15) is 25.3 Å². The number of Topliss-reactive ketones (excluding diaryl/α,β-unsaturated/α-hetero) is 1. The molecule has 0 spiro atoms. The van der Waals surface area contributed by atoms with Crippen molar-refractivity contribution in [3.63, 3.8) is 0 Å². The summed E-state index contributed by atoms with van der Waals surface area (Å²) in [6.07, 6.45) is 5.53. The summed E-state index contributed by atoms with van der Waals surface area (Å²) in [6, 6.07) is 10.2. The van der Waals surface area contributed by atoms with Gasteiger partial charge in [-0.05, 0) is 61.6 Å². The minimum absolute atomic E-state index is 0.0683. The lowest BCUT2D eigenvalue weighted by atomic mass is 9.58. The van der Waals surface area contributed by atoms with Crippen molar-refractivity contribution in [1.82, 2.24) is 0 Å². The lowest BCUT2D eigenvalue weighted by molar-refractivity contribution is -0.384. The third-order valence-corrected chi connectivity index (χ3v) is 9.01. The highest BCUT2D eigenvalue weighted by atomic mass is 16.6. The number of allylic oxidation sites excluding steroid dienone is 7. The molecule has 1 N–H and O–H groups in total. The fourth-order valence-corrected chi connectivity index (χ4v) is 7.17. The van der Waals surface area contributed by atoms with E-state index in [0.717, 1.165) is 16.0 Å².